The summed E-state index contributed by atoms with van der Waals surface area (Å²) < 4.78 is 0.836. The lowest BCUT2D eigenvalue weighted by Gasteiger charge is -2.04. The molecular weight excluding hydrogens is 308 g/mol. The number of H-pyrrole nitrogens is 1. The molecule has 1 amide bonds. The monoisotopic (exact) mass is 316 g/mol. The van der Waals surface area contributed by atoms with Crippen LogP contribution in [-0.2, 0) is 0 Å². The fourth-order valence-corrected chi connectivity index (χ4v) is 1.95. The number of nitrogens with zero attached hydrogens (tertiary/aromatic N) is 2. The number of nitrogens with one attached hydrogen (secondary N) is 2. The number of hydrogen-bond acceptors (Lipinski definition) is 3. The van der Waals surface area contributed by atoms with Crippen molar-refractivity contribution >= 4 is 38.4 Å². The first-order valence-corrected chi connectivity index (χ1v) is 6.38. The molecule has 3 aromatic rings. The molecule has 0 saturated heterocycles. The molecule has 19 heavy (non-hydrogen) atoms. The number of pyridine rings is 1. The average molecular weight is 317 g/mol. The zero-order chi connectivity index (χ0) is 13.2. The van der Waals surface area contributed by atoms with Gasteiger partial charge in [0.15, 0.2) is 0 Å². The van der Waals surface area contributed by atoms with Crippen LogP contribution in [0.15, 0.2) is 47.2 Å². The number of amides is 1. The van der Waals surface area contributed by atoms with Gasteiger partial charge in [-0.05, 0) is 46.3 Å². The van der Waals surface area contributed by atoms with Crippen molar-refractivity contribution in [2.24, 2.45) is 0 Å². The lowest BCUT2D eigenvalue weighted by Crippen LogP contribution is -2.13. The van der Waals surface area contributed by atoms with E-state index in [1.54, 1.807) is 24.5 Å². The van der Waals surface area contributed by atoms with E-state index >= 15 is 0 Å². The van der Waals surface area contributed by atoms with Crippen LogP contribution in [0.1, 0.15) is 10.5 Å². The molecule has 2 heterocycles. The standard InChI is InChI=1S/C13H9BrN4O/c14-9-2-4-11(15-7-9)13(19)17-10-3-1-8-6-16-18-12(8)5-10/h1-7H,(H,16,18)(H,17,19). The van der Waals surface area contributed by atoms with E-state index in [9.17, 15) is 4.79 Å². The maximum absolute atomic E-state index is 12.0. The Hall–Kier alpha value is -2.21. The van der Waals surface area contributed by atoms with Crippen LogP contribution >= 0.6 is 15.9 Å². The quantitative estimate of drug-likeness (QED) is 0.763. The summed E-state index contributed by atoms with van der Waals surface area (Å²) in [6, 6.07) is 8.99. The molecule has 0 bridgehead atoms. The van der Waals surface area contributed by atoms with Crippen LogP contribution in [0.2, 0.25) is 0 Å². The third-order valence-electron chi connectivity index (χ3n) is 2.66. The maximum atomic E-state index is 12.0. The first-order chi connectivity index (χ1) is 9.22. The highest BCUT2D eigenvalue weighted by Gasteiger charge is 2.08. The summed E-state index contributed by atoms with van der Waals surface area (Å²) in [5.74, 6) is -0.244. The van der Waals surface area contributed by atoms with Gasteiger partial charge in [-0.25, -0.2) is 4.98 Å². The molecule has 0 aliphatic heterocycles. The third-order valence-corrected chi connectivity index (χ3v) is 3.13. The largest absolute Gasteiger partial charge is 0.321 e. The first kappa shape index (κ1) is 11.9. The van der Waals surface area contributed by atoms with Gasteiger partial charge in [-0.15, -0.1) is 0 Å². The normalized spacial score (nSPS) is 10.6. The minimum atomic E-state index is -0.244. The zero-order valence-electron chi connectivity index (χ0n) is 9.72. The summed E-state index contributed by atoms with van der Waals surface area (Å²) >= 11 is 3.28. The third kappa shape index (κ3) is 2.48. The Bertz CT molecular complexity index is 736. The predicted octanol–water partition coefficient (Wildman–Crippen LogP) is 2.97. The molecule has 0 atom stereocenters. The number of aromatic nitrogens is 3. The van der Waals surface area contributed by atoms with Gasteiger partial charge in [0.25, 0.3) is 5.91 Å². The summed E-state index contributed by atoms with van der Waals surface area (Å²) in [6.07, 6.45) is 3.32. The van der Waals surface area contributed by atoms with Crippen molar-refractivity contribution in [2.75, 3.05) is 5.32 Å². The van der Waals surface area contributed by atoms with E-state index < -0.39 is 0 Å². The van der Waals surface area contributed by atoms with Crippen molar-refractivity contribution in [3.05, 3.63) is 52.9 Å². The molecule has 0 spiro atoms. The van der Waals surface area contributed by atoms with E-state index in [4.69, 9.17) is 0 Å². The molecule has 5 nitrogen and oxygen atoms in total. The zero-order valence-corrected chi connectivity index (χ0v) is 11.3. The number of halogens is 1. The minimum Gasteiger partial charge on any atom is -0.321 e. The number of carbonyl (C=O) groups excluding carboxylic acids is 1. The van der Waals surface area contributed by atoms with Crippen molar-refractivity contribution in [1.29, 1.82) is 0 Å². The first-order valence-electron chi connectivity index (χ1n) is 5.58. The Kier molecular flexibility index (Phi) is 3.00. The van der Waals surface area contributed by atoms with Crippen molar-refractivity contribution in [1.82, 2.24) is 15.2 Å². The van der Waals surface area contributed by atoms with Gasteiger partial charge in [-0.1, -0.05) is 0 Å². The van der Waals surface area contributed by atoms with Crippen molar-refractivity contribution in [3.63, 3.8) is 0 Å². The molecule has 0 fully saturated rings. The number of carbonyl (C=O) groups is 1. The molecule has 0 saturated carbocycles. The maximum Gasteiger partial charge on any atom is 0.274 e. The van der Waals surface area contributed by atoms with Gasteiger partial charge in [0, 0.05) is 21.7 Å². The highest BCUT2D eigenvalue weighted by atomic mass is 79.9. The molecule has 0 unspecified atom stereocenters. The molecule has 0 aliphatic rings. The van der Waals surface area contributed by atoms with Crippen molar-refractivity contribution in [2.45, 2.75) is 0 Å². The summed E-state index contributed by atoms with van der Waals surface area (Å²) in [6.45, 7) is 0. The molecule has 0 aliphatic carbocycles. The Morgan fingerprint density at radius 2 is 2.11 bits per heavy atom. The highest BCUT2D eigenvalue weighted by molar-refractivity contribution is 9.10. The Morgan fingerprint density at radius 1 is 1.21 bits per heavy atom. The van der Waals surface area contributed by atoms with E-state index in [-0.39, 0.29) is 5.91 Å². The fourth-order valence-electron chi connectivity index (χ4n) is 1.72. The Morgan fingerprint density at radius 3 is 2.89 bits per heavy atom. The van der Waals surface area contributed by atoms with E-state index in [0.29, 0.717) is 11.4 Å². The second kappa shape index (κ2) is 4.81. The number of fused-ring (bicyclic) bond motifs is 1. The fraction of sp³-hybridized carbons (Fsp3) is 0. The van der Waals surface area contributed by atoms with Crippen LogP contribution in [-0.4, -0.2) is 21.1 Å². The topological polar surface area (TPSA) is 70.7 Å². The minimum absolute atomic E-state index is 0.244. The predicted molar refractivity (Wildman–Crippen MR) is 76.0 cm³/mol. The van der Waals surface area contributed by atoms with E-state index in [0.717, 1.165) is 15.4 Å². The molecule has 1 aromatic carbocycles. The second-order valence-corrected chi connectivity index (χ2v) is 4.90. The van der Waals surface area contributed by atoms with Crippen LogP contribution in [0.4, 0.5) is 5.69 Å². The molecule has 3 rings (SSSR count). The van der Waals surface area contributed by atoms with Crippen LogP contribution in [0, 0.1) is 0 Å². The van der Waals surface area contributed by atoms with Gasteiger partial charge in [0.05, 0.1) is 11.7 Å². The molecule has 2 aromatic heterocycles. The van der Waals surface area contributed by atoms with Gasteiger partial charge in [0.1, 0.15) is 5.69 Å². The summed E-state index contributed by atoms with van der Waals surface area (Å²) in [4.78, 5) is 16.0. The smallest absolute Gasteiger partial charge is 0.274 e. The lowest BCUT2D eigenvalue weighted by atomic mass is 10.2. The van der Waals surface area contributed by atoms with Crippen LogP contribution in [0.5, 0.6) is 0 Å². The van der Waals surface area contributed by atoms with Crippen LogP contribution < -0.4 is 5.32 Å². The SMILES string of the molecule is O=C(Nc1ccc2cn[nH]c2c1)c1ccc(Br)cn1. The van der Waals surface area contributed by atoms with Crippen LogP contribution in [0.3, 0.4) is 0 Å². The van der Waals surface area contributed by atoms with Gasteiger partial charge in [-0.2, -0.15) is 5.10 Å². The number of benzene rings is 1. The molecular formula is C13H9BrN4O. The molecule has 94 valence electrons. The van der Waals surface area contributed by atoms with E-state index in [1.165, 1.54) is 0 Å². The number of anilines is 1. The van der Waals surface area contributed by atoms with E-state index in [2.05, 4.69) is 36.4 Å². The average Bonchev–Trinajstić information content (AvgIpc) is 2.87. The Labute approximate surface area is 117 Å². The number of aromatic amines is 1. The number of rotatable bonds is 2. The van der Waals surface area contributed by atoms with Gasteiger partial charge >= 0.3 is 0 Å². The second-order valence-electron chi connectivity index (χ2n) is 3.99. The summed E-state index contributed by atoms with van der Waals surface area (Å²) in [5, 5.41) is 10.6. The van der Waals surface area contributed by atoms with Gasteiger partial charge in [-0.3, -0.25) is 9.89 Å². The molecule has 6 heteroatoms. The summed E-state index contributed by atoms with van der Waals surface area (Å²) in [5.41, 5.74) is 1.95. The van der Waals surface area contributed by atoms with Crippen molar-refractivity contribution < 1.29 is 4.79 Å². The molecule has 2 N–H and O–H groups in total. The van der Waals surface area contributed by atoms with Gasteiger partial charge < -0.3 is 5.32 Å². The lowest BCUT2D eigenvalue weighted by molar-refractivity contribution is 0.102. The Balaban J connectivity index is 1.83. The number of hydrogen-bond donors (Lipinski definition) is 2. The van der Waals surface area contributed by atoms with E-state index in [1.807, 2.05) is 18.2 Å². The molecule has 0 radical (unpaired) electrons. The highest BCUT2D eigenvalue weighted by Crippen LogP contribution is 2.17. The summed E-state index contributed by atoms with van der Waals surface area (Å²) in [7, 11) is 0. The van der Waals surface area contributed by atoms with Crippen LogP contribution in [0.25, 0.3) is 10.9 Å². The van der Waals surface area contributed by atoms with Crippen molar-refractivity contribution in [3.8, 4) is 0 Å². The van der Waals surface area contributed by atoms with Gasteiger partial charge in [0.2, 0.25) is 0 Å².